The molecular formula is C16H21N3. The third kappa shape index (κ3) is 2.71. The lowest BCUT2D eigenvalue weighted by molar-refractivity contribution is 0.269. The third-order valence-corrected chi connectivity index (χ3v) is 3.94. The second-order valence-electron chi connectivity index (χ2n) is 5.48. The molecule has 3 nitrogen and oxygen atoms in total. The minimum atomic E-state index is 0.817. The molecule has 1 fully saturated rings. The highest BCUT2D eigenvalue weighted by Crippen LogP contribution is 2.30. The summed E-state index contributed by atoms with van der Waals surface area (Å²) in [5, 5.41) is 1.07. The van der Waals surface area contributed by atoms with E-state index in [1.165, 1.54) is 24.9 Å². The van der Waals surface area contributed by atoms with Crippen LogP contribution in [0.15, 0.2) is 30.5 Å². The molecule has 0 radical (unpaired) electrons. The molecule has 1 aliphatic rings. The summed E-state index contributed by atoms with van der Waals surface area (Å²) >= 11 is 0. The predicted molar refractivity (Wildman–Crippen MR) is 79.8 cm³/mol. The zero-order valence-corrected chi connectivity index (χ0v) is 11.5. The summed E-state index contributed by atoms with van der Waals surface area (Å²) < 4.78 is 0. The molecule has 1 heterocycles. The Morgan fingerprint density at radius 2 is 2.16 bits per heavy atom. The van der Waals surface area contributed by atoms with Crippen molar-refractivity contribution in [1.29, 1.82) is 0 Å². The topological polar surface area (TPSA) is 42.1 Å². The van der Waals surface area contributed by atoms with E-state index in [4.69, 9.17) is 5.73 Å². The van der Waals surface area contributed by atoms with Gasteiger partial charge in [0.15, 0.2) is 0 Å². The van der Waals surface area contributed by atoms with Crippen LogP contribution in [0.4, 0.5) is 5.69 Å². The molecule has 2 aromatic rings. The molecule has 3 rings (SSSR count). The Hall–Kier alpha value is -1.61. The van der Waals surface area contributed by atoms with Crippen LogP contribution in [0.2, 0.25) is 0 Å². The van der Waals surface area contributed by atoms with Gasteiger partial charge in [0.25, 0.3) is 0 Å². The van der Waals surface area contributed by atoms with Gasteiger partial charge in [0.2, 0.25) is 0 Å². The number of pyridine rings is 1. The Bertz CT molecular complexity index is 575. The molecular weight excluding hydrogens is 234 g/mol. The van der Waals surface area contributed by atoms with Crippen LogP contribution in [0.25, 0.3) is 10.9 Å². The smallest absolute Gasteiger partial charge is 0.0767 e. The number of nitrogens with zero attached hydrogens (tertiary/aromatic N) is 2. The second kappa shape index (κ2) is 5.17. The second-order valence-corrected chi connectivity index (χ2v) is 5.48. The summed E-state index contributed by atoms with van der Waals surface area (Å²) in [6.45, 7) is 5.51. The van der Waals surface area contributed by atoms with E-state index in [1.54, 1.807) is 0 Å². The highest BCUT2D eigenvalue weighted by molar-refractivity contribution is 5.92. The van der Waals surface area contributed by atoms with Crippen molar-refractivity contribution in [3.63, 3.8) is 0 Å². The summed E-state index contributed by atoms with van der Waals surface area (Å²) in [5.74, 6) is 0.924. The Labute approximate surface area is 114 Å². The maximum absolute atomic E-state index is 6.03. The first-order valence-electron chi connectivity index (χ1n) is 7.12. The highest BCUT2D eigenvalue weighted by atomic mass is 15.1. The van der Waals surface area contributed by atoms with Crippen molar-refractivity contribution in [2.24, 2.45) is 5.92 Å². The van der Waals surface area contributed by atoms with Gasteiger partial charge in [-0.05, 0) is 49.1 Å². The molecule has 0 spiro atoms. The van der Waals surface area contributed by atoms with E-state index in [1.807, 2.05) is 18.3 Å². The van der Waals surface area contributed by atoms with E-state index in [0.717, 1.165) is 35.6 Å². The van der Waals surface area contributed by atoms with Crippen molar-refractivity contribution in [2.45, 2.75) is 26.3 Å². The first kappa shape index (κ1) is 12.4. The number of rotatable bonds is 5. The van der Waals surface area contributed by atoms with Gasteiger partial charge in [0, 0.05) is 30.4 Å². The fraction of sp³-hybridized carbons (Fsp3) is 0.438. The first-order chi connectivity index (χ1) is 9.28. The van der Waals surface area contributed by atoms with Crippen LogP contribution < -0.4 is 5.73 Å². The molecule has 2 N–H and O–H groups in total. The maximum atomic E-state index is 6.03. The number of aromatic nitrogens is 1. The molecule has 0 unspecified atom stereocenters. The Balaban J connectivity index is 1.89. The van der Waals surface area contributed by atoms with E-state index < -0.39 is 0 Å². The zero-order valence-electron chi connectivity index (χ0n) is 11.5. The standard InChI is InChI=1S/C16H21N3/c1-2-19(10-12-5-6-12)11-13-7-8-15(17)14-4-3-9-18-16(13)14/h3-4,7-9,12H,2,5-6,10-11,17H2,1H3. The minimum Gasteiger partial charge on any atom is -0.398 e. The van der Waals surface area contributed by atoms with E-state index in [0.29, 0.717) is 0 Å². The average Bonchev–Trinajstić information content (AvgIpc) is 3.25. The van der Waals surface area contributed by atoms with Crippen LogP contribution in [0, 0.1) is 5.92 Å². The lowest BCUT2D eigenvalue weighted by Crippen LogP contribution is -2.25. The SMILES string of the molecule is CCN(Cc1ccc(N)c2cccnc12)CC1CC1. The summed E-state index contributed by atoms with van der Waals surface area (Å²) in [6.07, 6.45) is 4.65. The van der Waals surface area contributed by atoms with Gasteiger partial charge < -0.3 is 5.73 Å². The summed E-state index contributed by atoms with van der Waals surface area (Å²) in [6, 6.07) is 8.13. The molecule has 0 amide bonds. The van der Waals surface area contributed by atoms with Gasteiger partial charge >= 0.3 is 0 Å². The monoisotopic (exact) mass is 255 g/mol. The molecule has 19 heavy (non-hydrogen) atoms. The van der Waals surface area contributed by atoms with Crippen molar-refractivity contribution in [1.82, 2.24) is 9.88 Å². The number of nitrogens with two attached hydrogens (primary N) is 1. The fourth-order valence-electron chi connectivity index (χ4n) is 2.59. The summed E-state index contributed by atoms with van der Waals surface area (Å²) in [4.78, 5) is 7.03. The molecule has 1 aliphatic carbocycles. The zero-order chi connectivity index (χ0) is 13.2. The van der Waals surface area contributed by atoms with Crippen molar-refractivity contribution < 1.29 is 0 Å². The summed E-state index contributed by atoms with van der Waals surface area (Å²) in [5.41, 5.74) is 9.18. The van der Waals surface area contributed by atoms with Crippen LogP contribution in [0.3, 0.4) is 0 Å². The molecule has 1 aromatic heterocycles. The van der Waals surface area contributed by atoms with Crippen LogP contribution in [-0.2, 0) is 6.54 Å². The van der Waals surface area contributed by atoms with Gasteiger partial charge in [0.1, 0.15) is 0 Å². The van der Waals surface area contributed by atoms with Gasteiger partial charge in [-0.1, -0.05) is 13.0 Å². The highest BCUT2D eigenvalue weighted by Gasteiger charge is 2.23. The Morgan fingerprint density at radius 1 is 1.32 bits per heavy atom. The van der Waals surface area contributed by atoms with Crippen LogP contribution >= 0.6 is 0 Å². The van der Waals surface area contributed by atoms with Crippen LogP contribution in [0.1, 0.15) is 25.3 Å². The predicted octanol–water partition coefficient (Wildman–Crippen LogP) is 3.05. The molecule has 1 aromatic carbocycles. The normalized spacial score (nSPS) is 15.3. The molecule has 3 heteroatoms. The lowest BCUT2D eigenvalue weighted by atomic mass is 10.1. The number of anilines is 1. The van der Waals surface area contributed by atoms with E-state index >= 15 is 0 Å². The van der Waals surface area contributed by atoms with Gasteiger partial charge in [-0.25, -0.2) is 0 Å². The average molecular weight is 255 g/mol. The number of fused-ring (bicyclic) bond motifs is 1. The first-order valence-corrected chi connectivity index (χ1v) is 7.12. The van der Waals surface area contributed by atoms with E-state index in [2.05, 4.69) is 28.9 Å². The molecule has 0 atom stereocenters. The summed E-state index contributed by atoms with van der Waals surface area (Å²) in [7, 11) is 0. The van der Waals surface area contributed by atoms with Crippen molar-refractivity contribution in [3.8, 4) is 0 Å². The number of nitrogen functional groups attached to an aromatic ring is 1. The molecule has 1 saturated carbocycles. The van der Waals surface area contributed by atoms with Gasteiger partial charge in [0.05, 0.1) is 5.52 Å². The quantitative estimate of drug-likeness (QED) is 0.835. The number of hydrogen-bond acceptors (Lipinski definition) is 3. The lowest BCUT2D eigenvalue weighted by Gasteiger charge is -2.21. The number of benzene rings is 1. The van der Waals surface area contributed by atoms with Crippen LogP contribution in [0.5, 0.6) is 0 Å². The van der Waals surface area contributed by atoms with E-state index in [-0.39, 0.29) is 0 Å². The van der Waals surface area contributed by atoms with Gasteiger partial charge in [-0.15, -0.1) is 0 Å². The largest absolute Gasteiger partial charge is 0.398 e. The molecule has 0 saturated heterocycles. The molecule has 0 aliphatic heterocycles. The molecule has 100 valence electrons. The van der Waals surface area contributed by atoms with Gasteiger partial charge in [-0.3, -0.25) is 9.88 Å². The molecule has 0 bridgehead atoms. The van der Waals surface area contributed by atoms with Gasteiger partial charge in [-0.2, -0.15) is 0 Å². The fourth-order valence-corrected chi connectivity index (χ4v) is 2.59. The minimum absolute atomic E-state index is 0.817. The number of hydrogen-bond donors (Lipinski definition) is 1. The third-order valence-electron chi connectivity index (χ3n) is 3.94. The maximum Gasteiger partial charge on any atom is 0.0767 e. The van der Waals surface area contributed by atoms with Crippen molar-refractivity contribution >= 4 is 16.6 Å². The van der Waals surface area contributed by atoms with E-state index in [9.17, 15) is 0 Å². The van der Waals surface area contributed by atoms with Crippen molar-refractivity contribution in [3.05, 3.63) is 36.0 Å². The Morgan fingerprint density at radius 3 is 2.89 bits per heavy atom. The van der Waals surface area contributed by atoms with Crippen molar-refractivity contribution in [2.75, 3.05) is 18.8 Å². The van der Waals surface area contributed by atoms with Crippen LogP contribution in [-0.4, -0.2) is 23.0 Å². The Kier molecular flexibility index (Phi) is 3.38.